The van der Waals surface area contributed by atoms with Crippen molar-refractivity contribution in [2.75, 3.05) is 24.9 Å². The first kappa shape index (κ1) is 19.4. The molecule has 0 atom stereocenters. The van der Waals surface area contributed by atoms with Crippen LogP contribution >= 0.6 is 11.3 Å². The van der Waals surface area contributed by atoms with Crippen molar-refractivity contribution >= 4 is 34.5 Å². The van der Waals surface area contributed by atoms with Gasteiger partial charge in [-0.1, -0.05) is 18.2 Å². The van der Waals surface area contributed by atoms with Gasteiger partial charge in [-0.05, 0) is 47.3 Å². The van der Waals surface area contributed by atoms with Gasteiger partial charge in [0, 0.05) is 11.4 Å². The summed E-state index contributed by atoms with van der Waals surface area (Å²) in [6, 6.07) is 16.0. The first-order valence-corrected chi connectivity index (χ1v) is 9.42. The van der Waals surface area contributed by atoms with Crippen LogP contribution in [0, 0.1) is 0 Å². The molecule has 0 saturated carbocycles. The maximum atomic E-state index is 12.4. The SMILES string of the molecule is COc1ccc(CC(=O)Nc2cccc(NC(=O)c3cccs3)c2)cc1OC. The highest BCUT2D eigenvalue weighted by Crippen LogP contribution is 2.28. The number of carbonyl (C=O) groups is 2. The molecular weight excluding hydrogens is 376 g/mol. The lowest BCUT2D eigenvalue weighted by Crippen LogP contribution is -2.15. The number of ether oxygens (including phenoxy) is 2. The maximum absolute atomic E-state index is 12.4. The average Bonchev–Trinajstić information content (AvgIpc) is 3.23. The number of methoxy groups -OCH3 is 2. The molecule has 1 heterocycles. The van der Waals surface area contributed by atoms with E-state index in [2.05, 4.69) is 10.6 Å². The van der Waals surface area contributed by atoms with E-state index in [4.69, 9.17) is 9.47 Å². The Bertz CT molecular complexity index is 970. The van der Waals surface area contributed by atoms with Crippen molar-refractivity contribution in [2.24, 2.45) is 0 Å². The zero-order chi connectivity index (χ0) is 19.9. The van der Waals surface area contributed by atoms with Gasteiger partial charge in [-0.15, -0.1) is 11.3 Å². The van der Waals surface area contributed by atoms with E-state index in [0.29, 0.717) is 27.8 Å². The third kappa shape index (κ3) is 4.89. The van der Waals surface area contributed by atoms with Gasteiger partial charge in [0.05, 0.1) is 25.5 Å². The molecule has 0 unspecified atom stereocenters. The van der Waals surface area contributed by atoms with Crippen molar-refractivity contribution in [1.82, 2.24) is 0 Å². The van der Waals surface area contributed by atoms with Crippen LogP contribution in [0.4, 0.5) is 11.4 Å². The first-order chi connectivity index (χ1) is 13.6. The summed E-state index contributed by atoms with van der Waals surface area (Å²) in [5.74, 6) is 0.838. The van der Waals surface area contributed by atoms with Crippen LogP contribution in [0.15, 0.2) is 60.0 Å². The lowest BCUT2D eigenvalue weighted by atomic mass is 10.1. The third-order valence-corrected chi connectivity index (χ3v) is 4.83. The maximum Gasteiger partial charge on any atom is 0.265 e. The van der Waals surface area contributed by atoms with E-state index in [1.54, 1.807) is 56.7 Å². The molecule has 2 N–H and O–H groups in total. The Morgan fingerprint density at radius 3 is 2.32 bits per heavy atom. The quantitative estimate of drug-likeness (QED) is 0.628. The Morgan fingerprint density at radius 1 is 0.893 bits per heavy atom. The van der Waals surface area contributed by atoms with Gasteiger partial charge in [-0.25, -0.2) is 0 Å². The normalized spacial score (nSPS) is 10.2. The summed E-state index contributed by atoms with van der Waals surface area (Å²) in [5, 5.41) is 7.52. The number of hydrogen-bond acceptors (Lipinski definition) is 5. The monoisotopic (exact) mass is 396 g/mol. The van der Waals surface area contributed by atoms with Crippen molar-refractivity contribution in [3.05, 3.63) is 70.4 Å². The van der Waals surface area contributed by atoms with Crippen molar-refractivity contribution < 1.29 is 19.1 Å². The van der Waals surface area contributed by atoms with Crippen LogP contribution in [0.3, 0.4) is 0 Å². The number of nitrogens with one attached hydrogen (secondary N) is 2. The third-order valence-electron chi connectivity index (χ3n) is 3.96. The highest BCUT2D eigenvalue weighted by atomic mass is 32.1. The summed E-state index contributed by atoms with van der Waals surface area (Å²) in [7, 11) is 3.12. The topological polar surface area (TPSA) is 76.7 Å². The Hall–Kier alpha value is -3.32. The van der Waals surface area contributed by atoms with Crippen LogP contribution in [0.1, 0.15) is 15.2 Å². The smallest absolute Gasteiger partial charge is 0.265 e. The number of rotatable bonds is 7. The molecule has 0 aliphatic rings. The molecule has 2 aromatic carbocycles. The van der Waals surface area contributed by atoms with Crippen molar-refractivity contribution in [2.45, 2.75) is 6.42 Å². The predicted molar refractivity (Wildman–Crippen MR) is 111 cm³/mol. The largest absolute Gasteiger partial charge is 0.493 e. The van der Waals surface area contributed by atoms with Crippen molar-refractivity contribution in [1.29, 1.82) is 0 Å². The number of hydrogen-bond donors (Lipinski definition) is 2. The van der Waals surface area contributed by atoms with Crippen LogP contribution < -0.4 is 20.1 Å². The van der Waals surface area contributed by atoms with E-state index in [9.17, 15) is 9.59 Å². The second-order valence-electron chi connectivity index (χ2n) is 5.93. The zero-order valence-electron chi connectivity index (χ0n) is 15.5. The Morgan fingerprint density at radius 2 is 1.64 bits per heavy atom. The second-order valence-corrected chi connectivity index (χ2v) is 6.87. The van der Waals surface area contributed by atoms with Gasteiger partial charge in [-0.2, -0.15) is 0 Å². The van der Waals surface area contributed by atoms with E-state index in [0.717, 1.165) is 5.56 Å². The zero-order valence-corrected chi connectivity index (χ0v) is 16.3. The standard InChI is InChI=1S/C21H20N2O4S/c1-26-17-9-8-14(11-18(17)27-2)12-20(24)22-15-5-3-6-16(13-15)23-21(25)19-7-4-10-28-19/h3-11,13H,12H2,1-2H3,(H,22,24)(H,23,25). The molecule has 144 valence electrons. The highest BCUT2D eigenvalue weighted by Gasteiger charge is 2.10. The van der Waals surface area contributed by atoms with Crippen LogP contribution in [0.2, 0.25) is 0 Å². The molecule has 1 aromatic heterocycles. The molecule has 2 amide bonds. The average molecular weight is 396 g/mol. The molecule has 0 fully saturated rings. The number of carbonyl (C=O) groups excluding carboxylic acids is 2. The fourth-order valence-corrected chi connectivity index (χ4v) is 3.28. The van der Waals surface area contributed by atoms with Gasteiger partial charge < -0.3 is 20.1 Å². The fourth-order valence-electron chi connectivity index (χ4n) is 2.66. The van der Waals surface area contributed by atoms with E-state index >= 15 is 0 Å². The molecule has 3 rings (SSSR count). The Labute approximate surface area is 167 Å². The van der Waals surface area contributed by atoms with Crippen LogP contribution in [0.5, 0.6) is 11.5 Å². The summed E-state index contributed by atoms with van der Waals surface area (Å²) in [4.78, 5) is 25.2. The molecule has 6 nitrogen and oxygen atoms in total. The van der Waals surface area contributed by atoms with Crippen molar-refractivity contribution in [3.63, 3.8) is 0 Å². The highest BCUT2D eigenvalue weighted by molar-refractivity contribution is 7.12. The lowest BCUT2D eigenvalue weighted by molar-refractivity contribution is -0.115. The molecule has 28 heavy (non-hydrogen) atoms. The second kappa shape index (κ2) is 9.05. The summed E-state index contributed by atoms with van der Waals surface area (Å²) >= 11 is 1.37. The summed E-state index contributed by atoms with van der Waals surface area (Å²) in [6.07, 6.45) is 0.187. The molecule has 0 aliphatic carbocycles. The van der Waals surface area contributed by atoms with Crippen LogP contribution in [-0.4, -0.2) is 26.0 Å². The first-order valence-electron chi connectivity index (χ1n) is 8.54. The van der Waals surface area contributed by atoms with Gasteiger partial charge in [0.15, 0.2) is 11.5 Å². The fraction of sp³-hybridized carbons (Fsp3) is 0.143. The van der Waals surface area contributed by atoms with Crippen LogP contribution in [-0.2, 0) is 11.2 Å². The molecular formula is C21H20N2O4S. The van der Waals surface area contributed by atoms with Crippen LogP contribution in [0.25, 0.3) is 0 Å². The van der Waals surface area contributed by atoms with Gasteiger partial charge in [0.1, 0.15) is 0 Å². The molecule has 0 bridgehead atoms. The van der Waals surface area contributed by atoms with Gasteiger partial charge >= 0.3 is 0 Å². The number of amides is 2. The Balaban J connectivity index is 1.63. The van der Waals surface area contributed by atoms with Gasteiger partial charge in [-0.3, -0.25) is 9.59 Å². The Kier molecular flexibility index (Phi) is 6.29. The molecule has 0 aliphatic heterocycles. The summed E-state index contributed by atoms with van der Waals surface area (Å²) in [6.45, 7) is 0. The van der Waals surface area contributed by atoms with E-state index in [1.807, 2.05) is 17.5 Å². The minimum atomic E-state index is -0.177. The molecule has 0 radical (unpaired) electrons. The van der Waals surface area contributed by atoms with E-state index < -0.39 is 0 Å². The number of benzene rings is 2. The minimum Gasteiger partial charge on any atom is -0.493 e. The van der Waals surface area contributed by atoms with E-state index in [1.165, 1.54) is 11.3 Å². The van der Waals surface area contributed by atoms with Gasteiger partial charge in [0.25, 0.3) is 5.91 Å². The molecule has 0 saturated heterocycles. The molecule has 7 heteroatoms. The number of anilines is 2. The lowest BCUT2D eigenvalue weighted by Gasteiger charge is -2.11. The predicted octanol–water partition coefficient (Wildman–Crippen LogP) is 4.20. The van der Waals surface area contributed by atoms with Crippen molar-refractivity contribution in [3.8, 4) is 11.5 Å². The van der Waals surface area contributed by atoms with E-state index in [-0.39, 0.29) is 18.2 Å². The summed E-state index contributed by atoms with van der Waals surface area (Å²) in [5.41, 5.74) is 2.02. The van der Waals surface area contributed by atoms with Gasteiger partial charge in [0.2, 0.25) is 5.91 Å². The molecule has 0 spiro atoms. The minimum absolute atomic E-state index is 0.172. The number of thiophene rings is 1. The summed E-state index contributed by atoms with van der Waals surface area (Å²) < 4.78 is 10.5. The molecule has 3 aromatic rings.